The fraction of sp³-hybridized carbons (Fsp3) is 0.435. The first-order chi connectivity index (χ1) is 14.9. The lowest BCUT2D eigenvalue weighted by Crippen LogP contribution is -2.48. The molecule has 2 aromatic carbocycles. The number of methoxy groups -OCH3 is 1. The van der Waals surface area contributed by atoms with E-state index in [4.69, 9.17) is 4.74 Å². The van der Waals surface area contributed by atoms with Crippen molar-refractivity contribution in [3.05, 3.63) is 65.2 Å². The van der Waals surface area contributed by atoms with Gasteiger partial charge in [-0.3, -0.25) is 4.79 Å². The smallest absolute Gasteiger partial charge is 0.227 e. The molecule has 0 spiro atoms. The molecule has 0 atom stereocenters. The average molecular weight is 446 g/mol. The molecule has 0 unspecified atom stereocenters. The minimum Gasteiger partial charge on any atom is -0.496 e. The van der Waals surface area contributed by atoms with Gasteiger partial charge in [-0.15, -0.1) is 0 Å². The van der Waals surface area contributed by atoms with Gasteiger partial charge < -0.3 is 15.0 Å². The van der Waals surface area contributed by atoms with E-state index in [9.17, 15) is 13.2 Å². The lowest BCUT2D eigenvalue weighted by Gasteiger charge is -2.29. The molecule has 0 saturated carbocycles. The summed E-state index contributed by atoms with van der Waals surface area (Å²) in [5, 5.41) is 3.16. The number of piperazine rings is 1. The van der Waals surface area contributed by atoms with Crippen LogP contribution in [0.25, 0.3) is 0 Å². The van der Waals surface area contributed by atoms with Crippen LogP contribution in [-0.4, -0.2) is 69.1 Å². The second-order valence-electron chi connectivity index (χ2n) is 7.75. The Labute approximate surface area is 185 Å². The van der Waals surface area contributed by atoms with E-state index in [1.54, 1.807) is 12.0 Å². The van der Waals surface area contributed by atoms with Gasteiger partial charge >= 0.3 is 0 Å². The predicted octanol–water partition coefficient (Wildman–Crippen LogP) is 1.81. The molecule has 31 heavy (non-hydrogen) atoms. The van der Waals surface area contributed by atoms with E-state index in [2.05, 4.69) is 5.32 Å². The van der Waals surface area contributed by atoms with Crippen LogP contribution in [0, 0.1) is 6.92 Å². The standard InChI is InChI=1S/C23H31N3O4S/c1-19-7-9-20(10-8-19)17-23(27)25(18-21-5-3-4-6-22(21)30-2)15-16-31(28,29)26-13-11-24-12-14-26/h3-10,24H,11-18H2,1-2H3. The number of nitrogens with zero attached hydrogens (tertiary/aromatic N) is 2. The fourth-order valence-corrected chi connectivity index (χ4v) is 5.05. The maximum absolute atomic E-state index is 13.2. The van der Waals surface area contributed by atoms with Crippen molar-refractivity contribution in [1.29, 1.82) is 0 Å². The highest BCUT2D eigenvalue weighted by atomic mass is 32.2. The summed E-state index contributed by atoms with van der Waals surface area (Å²) in [7, 11) is -1.84. The van der Waals surface area contributed by atoms with Crippen LogP contribution in [-0.2, 0) is 27.8 Å². The Morgan fingerprint density at radius 2 is 1.77 bits per heavy atom. The van der Waals surface area contributed by atoms with E-state index in [0.29, 0.717) is 38.5 Å². The van der Waals surface area contributed by atoms with Crippen LogP contribution in [0.4, 0.5) is 0 Å². The lowest BCUT2D eigenvalue weighted by atomic mass is 10.1. The number of carbonyl (C=O) groups excluding carboxylic acids is 1. The maximum atomic E-state index is 13.2. The maximum Gasteiger partial charge on any atom is 0.227 e. The van der Waals surface area contributed by atoms with Crippen LogP contribution in [0.3, 0.4) is 0 Å². The van der Waals surface area contributed by atoms with Crippen LogP contribution in [0.15, 0.2) is 48.5 Å². The van der Waals surface area contributed by atoms with Crippen molar-refractivity contribution in [2.24, 2.45) is 0 Å². The van der Waals surface area contributed by atoms with E-state index in [1.807, 2.05) is 55.5 Å². The van der Waals surface area contributed by atoms with Crippen molar-refractivity contribution in [2.75, 3.05) is 45.6 Å². The number of sulfonamides is 1. The summed E-state index contributed by atoms with van der Waals surface area (Å²) in [6.45, 7) is 4.66. The van der Waals surface area contributed by atoms with Gasteiger partial charge in [0.25, 0.3) is 0 Å². The molecule has 1 aliphatic rings. The Morgan fingerprint density at radius 1 is 1.10 bits per heavy atom. The number of amides is 1. The van der Waals surface area contributed by atoms with Gasteiger partial charge in [0.2, 0.25) is 15.9 Å². The van der Waals surface area contributed by atoms with Gasteiger partial charge in [0.15, 0.2) is 0 Å². The quantitative estimate of drug-likeness (QED) is 0.637. The van der Waals surface area contributed by atoms with Crippen LogP contribution in [0.2, 0.25) is 0 Å². The highest BCUT2D eigenvalue weighted by molar-refractivity contribution is 7.89. The molecular formula is C23H31N3O4S. The Hall–Kier alpha value is -2.42. The second kappa shape index (κ2) is 10.7. The average Bonchev–Trinajstić information content (AvgIpc) is 2.79. The minimum atomic E-state index is -3.43. The van der Waals surface area contributed by atoms with Gasteiger partial charge in [-0.05, 0) is 18.6 Å². The number of hydrogen-bond acceptors (Lipinski definition) is 5. The predicted molar refractivity (Wildman–Crippen MR) is 122 cm³/mol. The van der Waals surface area contributed by atoms with Crippen LogP contribution in [0.5, 0.6) is 5.75 Å². The molecule has 1 aliphatic heterocycles. The number of nitrogens with one attached hydrogen (secondary N) is 1. The molecule has 0 aliphatic carbocycles. The van der Waals surface area contributed by atoms with Gasteiger partial charge in [-0.1, -0.05) is 48.0 Å². The van der Waals surface area contributed by atoms with Crippen LogP contribution < -0.4 is 10.1 Å². The normalized spacial score (nSPS) is 14.9. The molecular weight excluding hydrogens is 414 g/mol. The zero-order valence-electron chi connectivity index (χ0n) is 18.2. The molecule has 1 heterocycles. The van der Waals surface area contributed by atoms with Crippen molar-refractivity contribution in [2.45, 2.75) is 19.9 Å². The van der Waals surface area contributed by atoms with Crippen LogP contribution in [0.1, 0.15) is 16.7 Å². The van der Waals surface area contributed by atoms with Gasteiger partial charge in [0.1, 0.15) is 5.75 Å². The molecule has 0 bridgehead atoms. The Balaban J connectivity index is 1.75. The third-order valence-electron chi connectivity index (χ3n) is 5.47. The molecule has 1 fully saturated rings. The first-order valence-corrected chi connectivity index (χ1v) is 12.1. The zero-order chi connectivity index (χ0) is 22.3. The summed E-state index contributed by atoms with van der Waals surface area (Å²) in [6, 6.07) is 15.3. The van der Waals surface area contributed by atoms with Crippen molar-refractivity contribution in [3.63, 3.8) is 0 Å². The lowest BCUT2D eigenvalue weighted by molar-refractivity contribution is -0.130. The molecule has 2 aromatic rings. The number of ether oxygens (including phenoxy) is 1. The molecule has 0 aromatic heterocycles. The Bertz CT molecular complexity index is 971. The summed E-state index contributed by atoms with van der Waals surface area (Å²) < 4.78 is 32.6. The minimum absolute atomic E-state index is 0.0954. The number of hydrogen-bond donors (Lipinski definition) is 1. The summed E-state index contributed by atoms with van der Waals surface area (Å²) in [6.07, 6.45) is 0.225. The largest absolute Gasteiger partial charge is 0.496 e. The monoisotopic (exact) mass is 445 g/mol. The molecule has 1 N–H and O–H groups in total. The topological polar surface area (TPSA) is 79.0 Å². The van der Waals surface area contributed by atoms with E-state index < -0.39 is 10.0 Å². The molecule has 7 nitrogen and oxygen atoms in total. The summed E-state index contributed by atoms with van der Waals surface area (Å²) in [5.74, 6) is 0.479. The first-order valence-electron chi connectivity index (χ1n) is 10.5. The molecule has 3 rings (SSSR count). The fourth-order valence-electron chi connectivity index (χ4n) is 3.60. The number of rotatable bonds is 9. The number of carbonyl (C=O) groups is 1. The molecule has 0 radical (unpaired) electrons. The van der Waals surface area contributed by atoms with Crippen LogP contribution >= 0.6 is 0 Å². The van der Waals surface area contributed by atoms with Gasteiger partial charge in [0.05, 0.1) is 19.3 Å². The SMILES string of the molecule is COc1ccccc1CN(CCS(=O)(=O)N1CCNCC1)C(=O)Cc1ccc(C)cc1. The number of benzene rings is 2. The van der Waals surface area contributed by atoms with Gasteiger partial charge in [-0.25, -0.2) is 8.42 Å². The summed E-state index contributed by atoms with van der Waals surface area (Å²) >= 11 is 0. The second-order valence-corrected chi connectivity index (χ2v) is 9.84. The van der Waals surface area contributed by atoms with Crippen molar-refractivity contribution in [1.82, 2.24) is 14.5 Å². The first kappa shape index (κ1) is 23.2. The van der Waals surface area contributed by atoms with E-state index in [-0.39, 0.29) is 24.6 Å². The number of aryl methyl sites for hydroxylation is 1. The Kier molecular flexibility index (Phi) is 8.06. The molecule has 8 heteroatoms. The van der Waals surface area contributed by atoms with Crippen molar-refractivity contribution >= 4 is 15.9 Å². The van der Waals surface area contributed by atoms with E-state index in [0.717, 1.165) is 16.7 Å². The number of para-hydroxylation sites is 1. The molecule has 1 saturated heterocycles. The van der Waals surface area contributed by atoms with E-state index >= 15 is 0 Å². The molecule has 1 amide bonds. The third-order valence-corrected chi connectivity index (χ3v) is 7.32. The van der Waals surface area contributed by atoms with Gasteiger partial charge in [-0.2, -0.15) is 4.31 Å². The van der Waals surface area contributed by atoms with Crippen molar-refractivity contribution < 1.29 is 17.9 Å². The summed E-state index contributed by atoms with van der Waals surface area (Å²) in [5.41, 5.74) is 2.89. The van der Waals surface area contributed by atoms with Crippen molar-refractivity contribution in [3.8, 4) is 5.75 Å². The highest BCUT2D eigenvalue weighted by Gasteiger charge is 2.26. The summed E-state index contributed by atoms with van der Waals surface area (Å²) in [4.78, 5) is 14.8. The Morgan fingerprint density at radius 3 is 2.45 bits per heavy atom. The molecule has 168 valence electrons. The van der Waals surface area contributed by atoms with E-state index in [1.165, 1.54) is 4.31 Å². The highest BCUT2D eigenvalue weighted by Crippen LogP contribution is 2.20. The van der Waals surface area contributed by atoms with Gasteiger partial charge in [0, 0.05) is 44.8 Å². The zero-order valence-corrected chi connectivity index (χ0v) is 19.0. The third kappa shape index (κ3) is 6.53.